The number of methoxy groups -OCH3 is 2. The fourth-order valence-corrected chi connectivity index (χ4v) is 4.48. The summed E-state index contributed by atoms with van der Waals surface area (Å²) in [6.07, 6.45) is 1.90. The van der Waals surface area contributed by atoms with Crippen molar-refractivity contribution in [3.63, 3.8) is 0 Å². The highest BCUT2D eigenvalue weighted by atomic mass is 16.5. The van der Waals surface area contributed by atoms with Crippen LogP contribution in [0.2, 0.25) is 0 Å². The van der Waals surface area contributed by atoms with E-state index in [1.807, 2.05) is 23.1 Å². The number of fused-ring (bicyclic) bond motifs is 3. The van der Waals surface area contributed by atoms with Crippen molar-refractivity contribution in [1.82, 2.24) is 14.9 Å². The van der Waals surface area contributed by atoms with Gasteiger partial charge in [0.1, 0.15) is 17.3 Å². The van der Waals surface area contributed by atoms with Gasteiger partial charge in [-0.1, -0.05) is 0 Å². The molecule has 1 amide bonds. The average Bonchev–Trinajstić information content (AvgIpc) is 3.13. The number of aromatic nitrogens is 2. The highest BCUT2D eigenvalue weighted by molar-refractivity contribution is 5.80. The number of amides is 1. The molecule has 0 radical (unpaired) electrons. The summed E-state index contributed by atoms with van der Waals surface area (Å²) in [7, 11) is 3.20. The minimum atomic E-state index is -0.0353. The van der Waals surface area contributed by atoms with Gasteiger partial charge in [-0.3, -0.25) is 9.59 Å². The molecule has 1 saturated heterocycles. The predicted octanol–water partition coefficient (Wildman–Crippen LogP) is 1.83. The summed E-state index contributed by atoms with van der Waals surface area (Å²) in [6.45, 7) is 3.12. The fourth-order valence-electron chi connectivity index (χ4n) is 4.48. The summed E-state index contributed by atoms with van der Waals surface area (Å²) in [5, 5.41) is 0. The molecule has 148 valence electrons. The molecule has 2 atom stereocenters. The topological polar surface area (TPSA) is 84.5 Å². The Balaban J connectivity index is 1.55. The van der Waals surface area contributed by atoms with Gasteiger partial charge in [-0.2, -0.15) is 0 Å². The van der Waals surface area contributed by atoms with Crippen LogP contribution in [0.3, 0.4) is 0 Å². The minimum absolute atomic E-state index is 0.0353. The van der Waals surface area contributed by atoms with Crippen molar-refractivity contribution in [1.29, 1.82) is 0 Å². The Morgan fingerprint density at radius 1 is 1.29 bits per heavy atom. The predicted molar refractivity (Wildman–Crippen MR) is 104 cm³/mol. The van der Waals surface area contributed by atoms with Crippen LogP contribution in [0.1, 0.15) is 35.0 Å². The monoisotopic (exact) mass is 383 g/mol. The third-order valence-corrected chi connectivity index (χ3v) is 5.91. The van der Waals surface area contributed by atoms with Gasteiger partial charge in [-0.15, -0.1) is 0 Å². The Morgan fingerprint density at radius 3 is 2.86 bits per heavy atom. The molecule has 2 aliphatic rings. The normalized spacial score (nSPS) is 20.5. The third-order valence-electron chi connectivity index (χ3n) is 5.91. The number of hydrogen-bond acceptors (Lipinski definition) is 5. The van der Waals surface area contributed by atoms with Crippen LogP contribution in [0.4, 0.5) is 0 Å². The summed E-state index contributed by atoms with van der Waals surface area (Å²) in [5.74, 6) is 2.57. The zero-order chi connectivity index (χ0) is 19.8. The molecule has 1 aromatic heterocycles. The molecular weight excluding hydrogens is 358 g/mol. The molecule has 7 nitrogen and oxygen atoms in total. The zero-order valence-corrected chi connectivity index (χ0v) is 16.4. The molecule has 0 unspecified atom stereocenters. The fraction of sp³-hybridized carbons (Fsp3) is 0.476. The number of H-pyrrole nitrogens is 1. The number of ether oxygens (including phenoxy) is 2. The van der Waals surface area contributed by atoms with Gasteiger partial charge >= 0.3 is 0 Å². The molecule has 1 aromatic carbocycles. The third kappa shape index (κ3) is 3.25. The SMILES string of the molecule is COc1ccc(OC)c(CC(=O)N2C[C@H]3CCc4c(nc(C)[nH]c4=O)[C@H]3C2)c1. The number of nitrogens with zero attached hydrogens (tertiary/aromatic N) is 2. The first-order chi connectivity index (χ1) is 13.5. The van der Waals surface area contributed by atoms with Crippen molar-refractivity contribution in [2.75, 3.05) is 27.3 Å². The number of likely N-dealkylation sites (tertiary alicyclic amines) is 1. The van der Waals surface area contributed by atoms with Gasteiger partial charge in [-0.25, -0.2) is 4.98 Å². The van der Waals surface area contributed by atoms with Gasteiger partial charge in [0.2, 0.25) is 5.91 Å². The Bertz CT molecular complexity index is 969. The largest absolute Gasteiger partial charge is 0.497 e. The maximum atomic E-state index is 13.0. The second-order valence-corrected chi connectivity index (χ2v) is 7.57. The summed E-state index contributed by atoms with van der Waals surface area (Å²) < 4.78 is 10.7. The van der Waals surface area contributed by atoms with Crippen molar-refractivity contribution in [2.24, 2.45) is 5.92 Å². The number of hydrogen-bond donors (Lipinski definition) is 1. The molecule has 0 bridgehead atoms. The number of aromatic amines is 1. The molecule has 1 N–H and O–H groups in total. The van der Waals surface area contributed by atoms with Gasteiger partial charge < -0.3 is 19.4 Å². The average molecular weight is 383 g/mol. The standard InChI is InChI=1S/C21H25N3O4/c1-12-22-20-16(21(26)23-12)6-4-13-10-24(11-17(13)20)19(25)9-14-8-15(27-2)5-7-18(14)28-3/h5,7-8,13,17H,4,6,9-11H2,1-3H3,(H,22,23,26)/t13-,17+/m1/s1. The first kappa shape index (κ1) is 18.5. The second-order valence-electron chi connectivity index (χ2n) is 7.57. The van der Waals surface area contributed by atoms with Crippen LogP contribution in [-0.2, 0) is 17.6 Å². The van der Waals surface area contributed by atoms with Gasteiger partial charge in [0.25, 0.3) is 5.56 Å². The summed E-state index contributed by atoms with van der Waals surface area (Å²) in [4.78, 5) is 34.6. The molecule has 0 saturated carbocycles. The highest BCUT2D eigenvalue weighted by Crippen LogP contribution is 2.39. The van der Waals surface area contributed by atoms with Crippen molar-refractivity contribution in [3.8, 4) is 11.5 Å². The summed E-state index contributed by atoms with van der Waals surface area (Å²) in [5.41, 5.74) is 2.45. The van der Waals surface area contributed by atoms with E-state index < -0.39 is 0 Å². The molecule has 1 fully saturated rings. The summed E-state index contributed by atoms with van der Waals surface area (Å²) >= 11 is 0. The first-order valence-electron chi connectivity index (χ1n) is 9.58. The van der Waals surface area contributed by atoms with E-state index in [0.29, 0.717) is 36.3 Å². The van der Waals surface area contributed by atoms with Crippen molar-refractivity contribution >= 4 is 5.91 Å². The van der Waals surface area contributed by atoms with E-state index in [0.717, 1.165) is 29.7 Å². The molecule has 7 heteroatoms. The van der Waals surface area contributed by atoms with E-state index in [-0.39, 0.29) is 23.8 Å². The molecule has 2 aromatic rings. The van der Waals surface area contributed by atoms with E-state index in [9.17, 15) is 9.59 Å². The van der Waals surface area contributed by atoms with Crippen LogP contribution >= 0.6 is 0 Å². The van der Waals surface area contributed by atoms with Gasteiger partial charge in [0, 0.05) is 30.1 Å². The Labute approximate surface area is 163 Å². The lowest BCUT2D eigenvalue weighted by molar-refractivity contribution is -0.129. The minimum Gasteiger partial charge on any atom is -0.497 e. The molecule has 2 heterocycles. The number of rotatable bonds is 4. The van der Waals surface area contributed by atoms with E-state index in [2.05, 4.69) is 9.97 Å². The number of carbonyl (C=O) groups excluding carboxylic acids is 1. The Hall–Kier alpha value is -2.83. The van der Waals surface area contributed by atoms with E-state index in [1.54, 1.807) is 21.1 Å². The number of benzene rings is 1. The van der Waals surface area contributed by atoms with Crippen LogP contribution in [0.25, 0.3) is 0 Å². The molecule has 0 spiro atoms. The number of carbonyl (C=O) groups is 1. The van der Waals surface area contributed by atoms with Gasteiger partial charge in [0.15, 0.2) is 0 Å². The maximum Gasteiger partial charge on any atom is 0.254 e. The molecule has 28 heavy (non-hydrogen) atoms. The molecule has 1 aliphatic carbocycles. The molecule has 1 aliphatic heterocycles. The van der Waals surface area contributed by atoms with Crippen LogP contribution in [-0.4, -0.2) is 48.1 Å². The van der Waals surface area contributed by atoms with Gasteiger partial charge in [0.05, 0.1) is 26.3 Å². The van der Waals surface area contributed by atoms with E-state index >= 15 is 0 Å². The van der Waals surface area contributed by atoms with Crippen LogP contribution in [0.15, 0.2) is 23.0 Å². The maximum absolute atomic E-state index is 13.0. The highest BCUT2D eigenvalue weighted by Gasteiger charge is 2.41. The number of aryl methyl sites for hydroxylation is 1. The van der Waals surface area contributed by atoms with Gasteiger partial charge in [-0.05, 0) is 43.9 Å². The first-order valence-corrected chi connectivity index (χ1v) is 9.58. The Morgan fingerprint density at radius 2 is 2.11 bits per heavy atom. The smallest absolute Gasteiger partial charge is 0.254 e. The summed E-state index contributed by atoms with van der Waals surface area (Å²) in [6, 6.07) is 5.49. The van der Waals surface area contributed by atoms with Crippen molar-refractivity contribution in [2.45, 2.75) is 32.1 Å². The molecular formula is C21H25N3O4. The second kappa shape index (κ2) is 7.30. The lowest BCUT2D eigenvalue weighted by Crippen LogP contribution is -2.30. The quantitative estimate of drug-likeness (QED) is 0.871. The van der Waals surface area contributed by atoms with Crippen LogP contribution in [0, 0.1) is 12.8 Å². The van der Waals surface area contributed by atoms with Crippen molar-refractivity contribution < 1.29 is 14.3 Å². The lowest BCUT2D eigenvalue weighted by atomic mass is 9.80. The molecule has 4 rings (SSSR count). The Kier molecular flexibility index (Phi) is 4.83. The van der Waals surface area contributed by atoms with Crippen LogP contribution < -0.4 is 15.0 Å². The van der Waals surface area contributed by atoms with Crippen molar-refractivity contribution in [3.05, 3.63) is 51.2 Å². The van der Waals surface area contributed by atoms with E-state index in [1.165, 1.54) is 0 Å². The number of nitrogens with one attached hydrogen (secondary N) is 1. The zero-order valence-electron chi connectivity index (χ0n) is 16.4. The van der Waals surface area contributed by atoms with E-state index in [4.69, 9.17) is 9.47 Å². The van der Waals surface area contributed by atoms with Crippen LogP contribution in [0.5, 0.6) is 11.5 Å². The lowest BCUT2D eigenvalue weighted by Gasteiger charge is -2.25.